The molecule has 0 heterocycles. The van der Waals surface area contributed by atoms with Crippen molar-refractivity contribution < 1.29 is 5.11 Å². The number of hydrogen-bond acceptors (Lipinski definition) is 2. The van der Waals surface area contributed by atoms with Gasteiger partial charge in [-0.05, 0) is 31.1 Å². The maximum absolute atomic E-state index is 10.4. The minimum absolute atomic E-state index is 0.121. The van der Waals surface area contributed by atoms with Gasteiger partial charge in [-0.3, -0.25) is 0 Å². The Labute approximate surface area is 178 Å². The third-order valence-corrected chi connectivity index (χ3v) is 5.55. The molecule has 0 saturated carbocycles. The van der Waals surface area contributed by atoms with Gasteiger partial charge in [-0.2, -0.15) is 0 Å². The molecule has 0 saturated heterocycles. The molecule has 0 aliphatic heterocycles. The summed E-state index contributed by atoms with van der Waals surface area (Å²) in [5, 5.41) is 17.5. The van der Waals surface area contributed by atoms with E-state index < -0.39 is 6.10 Å². The molecule has 0 spiro atoms. The number of aliphatic hydroxyl groups excluding tert-OH is 1. The second kappa shape index (κ2) is 16.8. The van der Waals surface area contributed by atoms with Crippen molar-refractivity contribution in [3.8, 4) is 0 Å². The lowest BCUT2D eigenvalue weighted by atomic mass is 10.0. The molecule has 0 fully saturated rings. The van der Waals surface area contributed by atoms with Gasteiger partial charge >= 0.3 is 0 Å². The van der Waals surface area contributed by atoms with Crippen molar-refractivity contribution in [1.82, 2.24) is 10.6 Å². The van der Waals surface area contributed by atoms with Crippen molar-refractivity contribution in [1.29, 1.82) is 0 Å². The van der Waals surface area contributed by atoms with E-state index in [1.807, 2.05) is 37.3 Å². The Kier molecular flexibility index (Phi) is 14.9. The Bertz CT molecular complexity index is 495. The van der Waals surface area contributed by atoms with Crippen molar-refractivity contribution in [3.63, 3.8) is 0 Å². The number of unbranched alkanes of at least 4 members (excludes halogenated alkanes) is 11. The van der Waals surface area contributed by atoms with E-state index in [4.69, 9.17) is 12.2 Å². The summed E-state index contributed by atoms with van der Waals surface area (Å²) in [5.74, 6) is 0. The molecule has 28 heavy (non-hydrogen) atoms. The van der Waals surface area contributed by atoms with E-state index in [-0.39, 0.29) is 6.04 Å². The van der Waals surface area contributed by atoms with E-state index in [2.05, 4.69) is 17.6 Å². The van der Waals surface area contributed by atoms with Gasteiger partial charge in [-0.15, -0.1) is 0 Å². The molecule has 0 radical (unpaired) electrons. The molecule has 0 amide bonds. The fourth-order valence-corrected chi connectivity index (χ4v) is 3.73. The summed E-state index contributed by atoms with van der Waals surface area (Å²) in [5.41, 5.74) is 0.909. The van der Waals surface area contributed by atoms with Crippen LogP contribution in [0.25, 0.3) is 0 Å². The molecule has 4 heteroatoms. The van der Waals surface area contributed by atoms with Crippen molar-refractivity contribution in [2.24, 2.45) is 0 Å². The molecule has 2 atom stereocenters. The van der Waals surface area contributed by atoms with Crippen molar-refractivity contribution in [2.75, 3.05) is 6.54 Å². The van der Waals surface area contributed by atoms with Crippen LogP contribution in [0, 0.1) is 0 Å². The molecule has 0 aliphatic carbocycles. The minimum atomic E-state index is -0.562. The molecule has 0 bridgehead atoms. The van der Waals surface area contributed by atoms with E-state index >= 15 is 0 Å². The van der Waals surface area contributed by atoms with Crippen LogP contribution in [0.3, 0.4) is 0 Å². The fraction of sp³-hybridized carbons (Fsp3) is 0.708. The van der Waals surface area contributed by atoms with Gasteiger partial charge < -0.3 is 15.7 Å². The molecule has 3 N–H and O–H groups in total. The van der Waals surface area contributed by atoms with Gasteiger partial charge in [0.15, 0.2) is 5.11 Å². The highest BCUT2D eigenvalue weighted by atomic mass is 32.1. The zero-order valence-corrected chi connectivity index (χ0v) is 18.9. The molecule has 2 unspecified atom stereocenters. The summed E-state index contributed by atoms with van der Waals surface area (Å²) in [4.78, 5) is 0. The number of aliphatic hydroxyl groups is 1. The molecule has 160 valence electrons. The highest BCUT2D eigenvalue weighted by Gasteiger charge is 2.16. The Morgan fingerprint density at radius 3 is 1.89 bits per heavy atom. The maximum Gasteiger partial charge on any atom is 0.166 e. The van der Waals surface area contributed by atoms with Gasteiger partial charge in [-0.1, -0.05) is 108 Å². The van der Waals surface area contributed by atoms with Crippen LogP contribution in [-0.2, 0) is 0 Å². The third-order valence-electron chi connectivity index (χ3n) is 5.29. The fourth-order valence-electron chi connectivity index (χ4n) is 3.44. The molecule has 1 aromatic rings. The van der Waals surface area contributed by atoms with Crippen LogP contribution in [0.2, 0.25) is 0 Å². The highest BCUT2D eigenvalue weighted by Crippen LogP contribution is 2.16. The smallest absolute Gasteiger partial charge is 0.166 e. The Hall–Kier alpha value is -1.13. The number of thiocarbonyl (C=S) groups is 1. The summed E-state index contributed by atoms with van der Waals surface area (Å²) < 4.78 is 0. The first kappa shape index (κ1) is 24.9. The Morgan fingerprint density at radius 2 is 1.36 bits per heavy atom. The first-order valence-electron chi connectivity index (χ1n) is 11.4. The normalized spacial score (nSPS) is 13.1. The van der Waals surface area contributed by atoms with E-state index in [9.17, 15) is 5.11 Å². The van der Waals surface area contributed by atoms with Crippen LogP contribution in [0.1, 0.15) is 103 Å². The van der Waals surface area contributed by atoms with Gasteiger partial charge in [0, 0.05) is 6.54 Å². The van der Waals surface area contributed by atoms with Crippen molar-refractivity contribution >= 4 is 17.3 Å². The van der Waals surface area contributed by atoms with Crippen LogP contribution < -0.4 is 10.6 Å². The summed E-state index contributed by atoms with van der Waals surface area (Å²) in [6.45, 7) is 5.13. The summed E-state index contributed by atoms with van der Waals surface area (Å²) >= 11 is 5.35. The van der Waals surface area contributed by atoms with Gasteiger partial charge in [-0.25, -0.2) is 0 Å². The summed E-state index contributed by atoms with van der Waals surface area (Å²) in [6.07, 6.45) is 15.7. The van der Waals surface area contributed by atoms with Crippen LogP contribution >= 0.6 is 12.2 Å². The number of benzene rings is 1. The van der Waals surface area contributed by atoms with Crippen LogP contribution in [0.15, 0.2) is 30.3 Å². The lowest BCUT2D eigenvalue weighted by molar-refractivity contribution is 0.145. The second-order valence-electron chi connectivity index (χ2n) is 7.93. The number of rotatable bonds is 16. The zero-order chi connectivity index (χ0) is 20.5. The van der Waals surface area contributed by atoms with E-state index in [0.29, 0.717) is 5.11 Å². The largest absolute Gasteiger partial charge is 0.386 e. The van der Waals surface area contributed by atoms with Gasteiger partial charge in [0.1, 0.15) is 0 Å². The summed E-state index contributed by atoms with van der Waals surface area (Å²) in [6, 6.07) is 9.59. The predicted octanol–water partition coefficient (Wildman–Crippen LogP) is 6.27. The van der Waals surface area contributed by atoms with E-state index in [0.717, 1.165) is 18.5 Å². The molecule has 1 rings (SSSR count). The topological polar surface area (TPSA) is 44.3 Å². The number of hydrogen-bond donors (Lipinski definition) is 3. The zero-order valence-electron chi connectivity index (χ0n) is 18.1. The quantitative estimate of drug-likeness (QED) is 0.223. The average Bonchev–Trinajstić information content (AvgIpc) is 2.71. The lowest BCUT2D eigenvalue weighted by Gasteiger charge is -2.22. The monoisotopic (exact) mass is 406 g/mol. The standard InChI is InChI=1S/C24H42N2OS/c1-3-4-5-6-7-8-9-10-11-12-13-17-20-25-24(28)26-21(2)23(27)22-18-15-14-16-19-22/h14-16,18-19,21,23,27H,3-13,17,20H2,1-2H3,(H2,25,26,28). The molecule has 3 nitrogen and oxygen atoms in total. The van der Waals surface area contributed by atoms with Gasteiger partial charge in [0.25, 0.3) is 0 Å². The molecule has 0 aliphatic rings. The van der Waals surface area contributed by atoms with Crippen molar-refractivity contribution in [2.45, 2.75) is 103 Å². The highest BCUT2D eigenvalue weighted by molar-refractivity contribution is 7.80. The molecular formula is C24H42N2OS. The first-order chi connectivity index (χ1) is 13.6. The third kappa shape index (κ3) is 12.4. The van der Waals surface area contributed by atoms with E-state index in [1.54, 1.807) is 0 Å². The Balaban J connectivity index is 1.94. The molecule has 1 aromatic carbocycles. The first-order valence-corrected chi connectivity index (χ1v) is 11.8. The van der Waals surface area contributed by atoms with Crippen LogP contribution in [0.4, 0.5) is 0 Å². The maximum atomic E-state index is 10.4. The number of nitrogens with one attached hydrogen (secondary N) is 2. The van der Waals surface area contributed by atoms with Crippen LogP contribution in [-0.4, -0.2) is 22.8 Å². The van der Waals surface area contributed by atoms with Crippen molar-refractivity contribution in [3.05, 3.63) is 35.9 Å². The minimum Gasteiger partial charge on any atom is -0.386 e. The van der Waals surface area contributed by atoms with Crippen LogP contribution in [0.5, 0.6) is 0 Å². The summed E-state index contributed by atoms with van der Waals surface area (Å²) in [7, 11) is 0. The molecular weight excluding hydrogens is 364 g/mol. The molecule has 0 aromatic heterocycles. The Morgan fingerprint density at radius 1 is 0.857 bits per heavy atom. The second-order valence-corrected chi connectivity index (χ2v) is 8.34. The van der Waals surface area contributed by atoms with Gasteiger partial charge in [0.05, 0.1) is 12.1 Å². The SMILES string of the molecule is CCCCCCCCCCCCCCNC(=S)NC(C)C(O)c1ccccc1. The van der Waals surface area contributed by atoms with E-state index in [1.165, 1.54) is 70.6 Å². The van der Waals surface area contributed by atoms with Gasteiger partial charge in [0.2, 0.25) is 0 Å². The lowest BCUT2D eigenvalue weighted by Crippen LogP contribution is -2.43. The predicted molar refractivity (Wildman–Crippen MR) is 126 cm³/mol. The average molecular weight is 407 g/mol.